The largest absolute Gasteiger partial charge is 0.376 e. The number of nitrogen functional groups attached to an aromatic ring is 1. The van der Waals surface area contributed by atoms with E-state index in [0.29, 0.717) is 5.95 Å². The third-order valence-corrected chi connectivity index (χ3v) is 5.87. The Labute approximate surface area is 178 Å². The molecule has 0 saturated carbocycles. The van der Waals surface area contributed by atoms with Gasteiger partial charge in [-0.05, 0) is 49.4 Å². The molecule has 0 spiro atoms. The van der Waals surface area contributed by atoms with Crippen molar-refractivity contribution in [2.45, 2.75) is 39.3 Å². The fraction of sp³-hybridized carbons (Fsp3) is 0.360. The van der Waals surface area contributed by atoms with Crippen molar-refractivity contribution in [3.63, 3.8) is 0 Å². The number of aromatic nitrogens is 2. The molecule has 1 fully saturated rings. The Kier molecular flexibility index (Phi) is 6.41. The summed E-state index contributed by atoms with van der Waals surface area (Å²) < 4.78 is 6.03. The van der Waals surface area contributed by atoms with E-state index in [-0.39, 0.29) is 6.10 Å². The molecule has 1 aliphatic heterocycles. The van der Waals surface area contributed by atoms with Gasteiger partial charge in [0.1, 0.15) is 0 Å². The summed E-state index contributed by atoms with van der Waals surface area (Å²) in [4.78, 5) is 11.4. The predicted molar refractivity (Wildman–Crippen MR) is 121 cm³/mol. The van der Waals surface area contributed by atoms with Crippen LogP contribution in [0.1, 0.15) is 28.8 Å². The van der Waals surface area contributed by atoms with Crippen LogP contribution in [-0.2, 0) is 17.7 Å². The van der Waals surface area contributed by atoms with Gasteiger partial charge in [0.25, 0.3) is 0 Å². The van der Waals surface area contributed by atoms with Gasteiger partial charge in [-0.25, -0.2) is 9.97 Å². The minimum absolute atomic E-state index is 0.211. The molecule has 5 nitrogen and oxygen atoms in total. The summed E-state index contributed by atoms with van der Waals surface area (Å²) in [7, 11) is 0. The molecule has 0 amide bonds. The molecule has 5 heteroatoms. The zero-order valence-corrected chi connectivity index (χ0v) is 17.8. The second-order valence-electron chi connectivity index (χ2n) is 8.10. The topological polar surface area (TPSA) is 64.3 Å². The van der Waals surface area contributed by atoms with Crippen LogP contribution in [0.3, 0.4) is 0 Å². The molecule has 1 unspecified atom stereocenters. The monoisotopic (exact) mass is 402 g/mol. The van der Waals surface area contributed by atoms with Crippen molar-refractivity contribution >= 4 is 5.95 Å². The van der Waals surface area contributed by atoms with Gasteiger partial charge in [0, 0.05) is 30.9 Å². The molecular formula is C25H30N4O. The minimum atomic E-state index is 0.211. The Hall–Kier alpha value is -2.76. The molecule has 2 N–H and O–H groups in total. The summed E-state index contributed by atoms with van der Waals surface area (Å²) in [5, 5.41) is 0. The van der Waals surface area contributed by atoms with Crippen molar-refractivity contribution in [3.05, 3.63) is 77.0 Å². The van der Waals surface area contributed by atoms with E-state index in [2.05, 4.69) is 83.3 Å². The van der Waals surface area contributed by atoms with Gasteiger partial charge in [-0.3, -0.25) is 4.90 Å². The molecule has 2 aromatic carbocycles. The van der Waals surface area contributed by atoms with Gasteiger partial charge >= 0.3 is 0 Å². The van der Waals surface area contributed by atoms with Crippen molar-refractivity contribution in [1.82, 2.24) is 14.9 Å². The Bertz CT molecular complexity index is 990. The Morgan fingerprint density at radius 3 is 2.73 bits per heavy atom. The van der Waals surface area contributed by atoms with Crippen LogP contribution in [0.4, 0.5) is 5.95 Å². The first-order valence-corrected chi connectivity index (χ1v) is 10.7. The fourth-order valence-electron chi connectivity index (χ4n) is 4.06. The molecule has 2 heterocycles. The molecule has 1 atom stereocenters. The lowest BCUT2D eigenvalue weighted by molar-refractivity contribution is -0.0346. The van der Waals surface area contributed by atoms with Crippen LogP contribution in [0.5, 0.6) is 0 Å². The smallest absolute Gasteiger partial charge is 0.220 e. The first-order valence-electron chi connectivity index (χ1n) is 10.7. The Morgan fingerprint density at radius 1 is 1.07 bits per heavy atom. The van der Waals surface area contributed by atoms with Crippen LogP contribution in [0.2, 0.25) is 0 Å². The van der Waals surface area contributed by atoms with Crippen LogP contribution < -0.4 is 5.73 Å². The summed E-state index contributed by atoms with van der Waals surface area (Å²) in [6.45, 7) is 7.91. The number of nitrogens with two attached hydrogens (primary N) is 1. The molecule has 1 saturated heterocycles. The molecular weight excluding hydrogens is 372 g/mol. The maximum absolute atomic E-state index is 6.04. The summed E-state index contributed by atoms with van der Waals surface area (Å²) in [6, 6.07) is 19.0. The predicted octanol–water partition coefficient (Wildman–Crippen LogP) is 4.18. The molecule has 4 rings (SSSR count). The molecule has 1 aromatic heterocycles. The quantitative estimate of drug-likeness (QED) is 0.670. The van der Waals surface area contributed by atoms with Gasteiger partial charge in [0.2, 0.25) is 5.95 Å². The van der Waals surface area contributed by atoms with Crippen molar-refractivity contribution in [2.75, 3.05) is 25.4 Å². The fourth-order valence-corrected chi connectivity index (χ4v) is 4.06. The lowest BCUT2D eigenvalue weighted by atomic mass is 10.00. The highest BCUT2D eigenvalue weighted by Crippen LogP contribution is 2.25. The number of hydrogen-bond donors (Lipinski definition) is 1. The van der Waals surface area contributed by atoms with Crippen molar-refractivity contribution < 1.29 is 4.74 Å². The van der Waals surface area contributed by atoms with E-state index in [1.54, 1.807) is 0 Å². The highest BCUT2D eigenvalue weighted by molar-refractivity contribution is 5.66. The minimum Gasteiger partial charge on any atom is -0.376 e. The van der Waals surface area contributed by atoms with E-state index in [4.69, 9.17) is 10.5 Å². The third-order valence-electron chi connectivity index (χ3n) is 5.87. The number of nitrogens with zero attached hydrogens (tertiary/aromatic N) is 3. The van der Waals surface area contributed by atoms with Gasteiger partial charge in [-0.15, -0.1) is 0 Å². The number of morpholine rings is 1. The molecule has 1 aliphatic rings. The summed E-state index contributed by atoms with van der Waals surface area (Å²) in [5.74, 6) is 0.332. The Morgan fingerprint density at radius 2 is 1.90 bits per heavy atom. The van der Waals surface area contributed by atoms with Crippen LogP contribution in [0.25, 0.3) is 11.3 Å². The summed E-state index contributed by atoms with van der Waals surface area (Å²) in [6.07, 6.45) is 1.96. The highest BCUT2D eigenvalue weighted by Gasteiger charge is 2.21. The van der Waals surface area contributed by atoms with E-state index < -0.39 is 0 Å². The maximum atomic E-state index is 6.04. The lowest BCUT2D eigenvalue weighted by Gasteiger charge is -2.33. The van der Waals surface area contributed by atoms with E-state index >= 15 is 0 Å². The van der Waals surface area contributed by atoms with Crippen molar-refractivity contribution in [2.24, 2.45) is 0 Å². The molecule has 0 aliphatic carbocycles. The van der Waals surface area contributed by atoms with Gasteiger partial charge in [0.15, 0.2) is 0 Å². The summed E-state index contributed by atoms with van der Waals surface area (Å²) in [5.41, 5.74) is 12.9. The van der Waals surface area contributed by atoms with E-state index in [1.807, 2.05) is 0 Å². The average Bonchev–Trinajstić information content (AvgIpc) is 2.75. The van der Waals surface area contributed by atoms with E-state index in [9.17, 15) is 0 Å². The maximum Gasteiger partial charge on any atom is 0.220 e. The van der Waals surface area contributed by atoms with E-state index in [1.165, 1.54) is 16.7 Å². The summed E-state index contributed by atoms with van der Waals surface area (Å²) >= 11 is 0. The highest BCUT2D eigenvalue weighted by atomic mass is 16.5. The molecule has 30 heavy (non-hydrogen) atoms. The van der Waals surface area contributed by atoms with Gasteiger partial charge in [-0.2, -0.15) is 0 Å². The average molecular weight is 403 g/mol. The first-order chi connectivity index (χ1) is 14.6. The SMILES string of the molecule is Cc1cccc(-c2cc(CCC3CN(Cc4ccccc4)CCO3)nc(N)n2)c1C. The van der Waals surface area contributed by atoms with Gasteiger partial charge < -0.3 is 10.5 Å². The number of benzene rings is 2. The van der Waals surface area contributed by atoms with Crippen LogP contribution in [0.15, 0.2) is 54.6 Å². The Balaban J connectivity index is 1.41. The van der Waals surface area contributed by atoms with Crippen molar-refractivity contribution in [3.8, 4) is 11.3 Å². The zero-order valence-electron chi connectivity index (χ0n) is 17.8. The van der Waals surface area contributed by atoms with Crippen LogP contribution in [-0.4, -0.2) is 40.7 Å². The number of rotatable bonds is 6. The zero-order chi connectivity index (χ0) is 20.9. The second-order valence-corrected chi connectivity index (χ2v) is 8.10. The molecule has 3 aromatic rings. The van der Waals surface area contributed by atoms with Gasteiger partial charge in [0.05, 0.1) is 18.4 Å². The molecule has 0 radical (unpaired) electrons. The van der Waals surface area contributed by atoms with Crippen molar-refractivity contribution in [1.29, 1.82) is 0 Å². The molecule has 156 valence electrons. The van der Waals surface area contributed by atoms with E-state index in [0.717, 1.165) is 56.0 Å². The third kappa shape index (κ3) is 5.04. The number of ether oxygens (including phenoxy) is 1. The van der Waals surface area contributed by atoms with Crippen LogP contribution >= 0.6 is 0 Å². The number of aryl methyl sites for hydroxylation is 2. The number of hydrogen-bond acceptors (Lipinski definition) is 5. The normalized spacial score (nSPS) is 17.2. The first kappa shape index (κ1) is 20.5. The molecule has 0 bridgehead atoms. The van der Waals surface area contributed by atoms with Gasteiger partial charge in [-0.1, -0.05) is 48.5 Å². The second kappa shape index (κ2) is 9.37. The standard InChI is InChI=1S/C25H30N4O/c1-18-7-6-10-23(19(18)2)24-15-21(27-25(26)28-24)11-12-22-17-29(13-14-30-22)16-20-8-4-3-5-9-20/h3-10,15,22H,11-14,16-17H2,1-2H3,(H2,26,27,28). The lowest BCUT2D eigenvalue weighted by Crippen LogP contribution is -2.42. The van der Waals surface area contributed by atoms with Crippen LogP contribution in [0, 0.1) is 13.8 Å². The number of anilines is 1.